The lowest BCUT2D eigenvalue weighted by Crippen LogP contribution is -2.55. The number of benzene rings is 1. The fourth-order valence-corrected chi connectivity index (χ4v) is 4.08. The molecule has 1 saturated heterocycles. The molecule has 0 radical (unpaired) electrons. The quantitative estimate of drug-likeness (QED) is 0.848. The molecule has 2 aliphatic rings. The lowest BCUT2D eigenvalue weighted by Gasteiger charge is -2.39. The molecule has 5 nitrogen and oxygen atoms in total. The van der Waals surface area contributed by atoms with Gasteiger partial charge < -0.3 is 15.0 Å². The van der Waals surface area contributed by atoms with E-state index in [2.05, 4.69) is 27.2 Å². The topological polar surface area (TPSA) is 44.8 Å². The van der Waals surface area contributed by atoms with Gasteiger partial charge in [0.15, 0.2) is 0 Å². The van der Waals surface area contributed by atoms with Crippen molar-refractivity contribution in [3.8, 4) is 5.75 Å². The molecule has 1 N–H and O–H groups in total. The minimum atomic E-state index is -0.0544. The number of nitrogens with one attached hydrogen (secondary N) is 1. The summed E-state index contributed by atoms with van der Waals surface area (Å²) in [4.78, 5) is 17.3. The van der Waals surface area contributed by atoms with E-state index >= 15 is 0 Å². The Labute approximate surface area is 157 Å². The fourth-order valence-electron chi connectivity index (χ4n) is 4.08. The summed E-state index contributed by atoms with van der Waals surface area (Å²) in [5.41, 5.74) is 1.16. The van der Waals surface area contributed by atoms with Crippen LogP contribution in [0.1, 0.15) is 46.0 Å². The molecule has 0 spiro atoms. The smallest absolute Gasteiger partial charge is 0.237 e. The maximum absolute atomic E-state index is 12.6. The molecule has 1 aromatic rings. The van der Waals surface area contributed by atoms with Gasteiger partial charge in [0.1, 0.15) is 5.75 Å². The highest BCUT2D eigenvalue weighted by molar-refractivity contribution is 5.81. The first-order valence-corrected chi connectivity index (χ1v) is 10.2. The predicted octanol–water partition coefficient (Wildman–Crippen LogP) is 3.04. The predicted molar refractivity (Wildman–Crippen MR) is 106 cm³/mol. The highest BCUT2D eigenvalue weighted by Gasteiger charge is 2.28. The minimum Gasteiger partial charge on any atom is -0.492 e. The summed E-state index contributed by atoms with van der Waals surface area (Å²) in [6.07, 6.45) is 6.09. The number of hydrogen-bond donors (Lipinski definition) is 1. The van der Waals surface area contributed by atoms with Crippen LogP contribution in [0.25, 0.3) is 0 Å². The highest BCUT2D eigenvalue weighted by Crippen LogP contribution is 2.29. The lowest BCUT2D eigenvalue weighted by molar-refractivity contribution is -0.127. The average molecular weight is 360 g/mol. The van der Waals surface area contributed by atoms with Crippen molar-refractivity contribution in [2.45, 2.75) is 58.0 Å². The molecule has 1 aliphatic carbocycles. The molecule has 1 heterocycles. The summed E-state index contributed by atoms with van der Waals surface area (Å²) < 4.78 is 5.77. The number of carbonyl (C=O) groups is 1. The van der Waals surface area contributed by atoms with E-state index in [-0.39, 0.29) is 11.9 Å². The van der Waals surface area contributed by atoms with Crippen LogP contribution in [0.2, 0.25) is 0 Å². The van der Waals surface area contributed by atoms with Crippen molar-refractivity contribution >= 4 is 11.6 Å². The van der Waals surface area contributed by atoms with Gasteiger partial charge in [-0.1, -0.05) is 31.4 Å². The van der Waals surface area contributed by atoms with E-state index in [0.29, 0.717) is 12.6 Å². The molecule has 1 atom stereocenters. The van der Waals surface area contributed by atoms with E-state index in [9.17, 15) is 4.79 Å². The van der Waals surface area contributed by atoms with Crippen molar-refractivity contribution in [1.82, 2.24) is 10.2 Å². The van der Waals surface area contributed by atoms with E-state index in [4.69, 9.17) is 4.74 Å². The highest BCUT2D eigenvalue weighted by atomic mass is 16.5. The first kappa shape index (κ1) is 19.0. The molecular formula is C21H33N3O2. The maximum Gasteiger partial charge on any atom is 0.237 e. The summed E-state index contributed by atoms with van der Waals surface area (Å²) >= 11 is 0. The van der Waals surface area contributed by atoms with Gasteiger partial charge in [-0.05, 0) is 38.8 Å². The molecule has 5 heteroatoms. The monoisotopic (exact) mass is 359 g/mol. The lowest BCUT2D eigenvalue weighted by atomic mass is 9.95. The van der Waals surface area contributed by atoms with Gasteiger partial charge in [0.2, 0.25) is 5.91 Å². The standard InChI is InChI=1S/C21H33N3O2/c1-3-26-20-12-8-7-11-19(20)24-15-13-23(14-16-24)17(2)21(25)22-18-9-5-4-6-10-18/h7-8,11-12,17-18H,3-6,9-10,13-16H2,1-2H3,(H,22,25)/t17-/m0/s1. The number of ether oxygens (including phenoxy) is 1. The van der Waals surface area contributed by atoms with Gasteiger partial charge in [-0.25, -0.2) is 0 Å². The van der Waals surface area contributed by atoms with Gasteiger partial charge in [-0.2, -0.15) is 0 Å². The number of nitrogens with zero attached hydrogens (tertiary/aromatic N) is 2. The molecule has 3 rings (SSSR count). The van der Waals surface area contributed by atoms with Crippen LogP contribution >= 0.6 is 0 Å². The molecule has 0 bridgehead atoms. The van der Waals surface area contributed by atoms with Gasteiger partial charge in [-0.3, -0.25) is 9.69 Å². The van der Waals surface area contributed by atoms with Gasteiger partial charge in [0, 0.05) is 32.2 Å². The Balaban J connectivity index is 1.52. The number of rotatable bonds is 6. The Bertz CT molecular complexity index is 578. The summed E-state index contributed by atoms with van der Waals surface area (Å²) in [6, 6.07) is 8.57. The zero-order valence-corrected chi connectivity index (χ0v) is 16.2. The van der Waals surface area contributed by atoms with E-state index < -0.39 is 0 Å². The number of para-hydroxylation sites is 2. The van der Waals surface area contributed by atoms with Crippen LogP contribution in [-0.4, -0.2) is 55.7 Å². The number of piperazine rings is 1. The fraction of sp³-hybridized carbons (Fsp3) is 0.667. The zero-order valence-electron chi connectivity index (χ0n) is 16.2. The van der Waals surface area contributed by atoms with Crippen LogP contribution in [-0.2, 0) is 4.79 Å². The third-order valence-electron chi connectivity index (χ3n) is 5.70. The van der Waals surface area contributed by atoms with Crippen LogP contribution < -0.4 is 15.0 Å². The molecular weight excluding hydrogens is 326 g/mol. The second-order valence-electron chi connectivity index (χ2n) is 7.44. The number of amides is 1. The molecule has 2 fully saturated rings. The summed E-state index contributed by atoms with van der Waals surface area (Å²) in [5, 5.41) is 3.27. The largest absolute Gasteiger partial charge is 0.492 e. The summed E-state index contributed by atoms with van der Waals surface area (Å²) in [7, 11) is 0. The normalized spacial score (nSPS) is 20.6. The zero-order chi connectivity index (χ0) is 18.4. The van der Waals surface area contributed by atoms with E-state index in [1.54, 1.807) is 0 Å². The second-order valence-corrected chi connectivity index (χ2v) is 7.44. The van der Waals surface area contributed by atoms with E-state index in [0.717, 1.165) is 50.5 Å². The van der Waals surface area contributed by atoms with Crippen molar-refractivity contribution in [3.63, 3.8) is 0 Å². The summed E-state index contributed by atoms with van der Waals surface area (Å²) in [5.74, 6) is 1.15. The van der Waals surface area contributed by atoms with Gasteiger partial charge in [0.05, 0.1) is 18.3 Å². The van der Waals surface area contributed by atoms with Crippen molar-refractivity contribution in [1.29, 1.82) is 0 Å². The van der Waals surface area contributed by atoms with Crippen molar-refractivity contribution in [3.05, 3.63) is 24.3 Å². The van der Waals surface area contributed by atoms with Crippen LogP contribution in [0.5, 0.6) is 5.75 Å². The molecule has 144 valence electrons. The van der Waals surface area contributed by atoms with Crippen LogP contribution in [0.15, 0.2) is 24.3 Å². The third kappa shape index (κ3) is 4.70. The molecule has 26 heavy (non-hydrogen) atoms. The number of hydrogen-bond acceptors (Lipinski definition) is 4. The van der Waals surface area contributed by atoms with Crippen molar-refractivity contribution in [2.24, 2.45) is 0 Å². The Morgan fingerprint density at radius 3 is 2.54 bits per heavy atom. The van der Waals surface area contributed by atoms with Crippen molar-refractivity contribution < 1.29 is 9.53 Å². The van der Waals surface area contributed by atoms with E-state index in [1.807, 2.05) is 26.0 Å². The Kier molecular flexibility index (Phi) is 6.78. The molecule has 1 saturated carbocycles. The Morgan fingerprint density at radius 1 is 1.15 bits per heavy atom. The molecule has 0 unspecified atom stereocenters. The third-order valence-corrected chi connectivity index (χ3v) is 5.70. The molecule has 1 aliphatic heterocycles. The summed E-state index contributed by atoms with van der Waals surface area (Å²) in [6.45, 7) is 8.38. The van der Waals surface area contributed by atoms with Crippen LogP contribution in [0.3, 0.4) is 0 Å². The van der Waals surface area contributed by atoms with Gasteiger partial charge in [-0.15, -0.1) is 0 Å². The van der Waals surface area contributed by atoms with Crippen LogP contribution in [0.4, 0.5) is 5.69 Å². The van der Waals surface area contributed by atoms with Crippen LogP contribution in [0, 0.1) is 0 Å². The molecule has 0 aromatic heterocycles. The second kappa shape index (κ2) is 9.26. The van der Waals surface area contributed by atoms with Crippen molar-refractivity contribution in [2.75, 3.05) is 37.7 Å². The van der Waals surface area contributed by atoms with Gasteiger partial charge >= 0.3 is 0 Å². The Hall–Kier alpha value is -1.75. The molecule has 1 aromatic carbocycles. The van der Waals surface area contributed by atoms with Gasteiger partial charge in [0.25, 0.3) is 0 Å². The first-order valence-electron chi connectivity index (χ1n) is 10.2. The SMILES string of the molecule is CCOc1ccccc1N1CCN([C@@H](C)C(=O)NC2CCCCC2)CC1. The first-order chi connectivity index (χ1) is 12.7. The molecule has 1 amide bonds. The minimum absolute atomic E-state index is 0.0544. The number of anilines is 1. The average Bonchev–Trinajstić information content (AvgIpc) is 2.69. The maximum atomic E-state index is 12.6. The van der Waals surface area contributed by atoms with E-state index in [1.165, 1.54) is 19.3 Å². The Morgan fingerprint density at radius 2 is 1.85 bits per heavy atom. The number of carbonyl (C=O) groups excluding carboxylic acids is 1.